The standard InChI is InChI=1S/C19H31F2N4O5P/c1-4-7-8-28-18-17-16(24-13-25-18)14(11-23-17)10-22-15(12-26)9-19(20,21)31(27,29-5-2)30-6-3/h11,13,15,22-23,26H,4-10,12H2,1-3H3/t15-/m0/s1. The van der Waals surface area contributed by atoms with Crippen LogP contribution in [0, 0.1) is 0 Å². The van der Waals surface area contributed by atoms with E-state index in [4.69, 9.17) is 13.8 Å². The molecule has 31 heavy (non-hydrogen) atoms. The molecule has 1 atom stereocenters. The molecule has 0 aliphatic rings. The van der Waals surface area contributed by atoms with E-state index in [1.807, 2.05) is 0 Å². The molecule has 0 aromatic carbocycles. The average molecular weight is 464 g/mol. The molecule has 9 nitrogen and oxygen atoms in total. The molecule has 0 radical (unpaired) electrons. The Labute approximate surface area is 180 Å². The van der Waals surface area contributed by atoms with Crippen LogP contribution in [-0.4, -0.2) is 58.2 Å². The van der Waals surface area contributed by atoms with Gasteiger partial charge in [0.1, 0.15) is 11.8 Å². The van der Waals surface area contributed by atoms with Gasteiger partial charge in [0, 0.05) is 30.8 Å². The number of H-pyrrole nitrogens is 1. The summed E-state index contributed by atoms with van der Waals surface area (Å²) >= 11 is 0. The molecule has 0 amide bonds. The van der Waals surface area contributed by atoms with E-state index >= 15 is 0 Å². The number of alkyl halides is 2. The second-order valence-corrected chi connectivity index (χ2v) is 9.05. The first-order chi connectivity index (χ1) is 14.8. The summed E-state index contributed by atoms with van der Waals surface area (Å²) in [6, 6.07) is -1.05. The Kier molecular flexibility index (Phi) is 9.77. The lowest BCUT2D eigenvalue weighted by Crippen LogP contribution is -2.38. The van der Waals surface area contributed by atoms with E-state index in [2.05, 4.69) is 27.2 Å². The van der Waals surface area contributed by atoms with Gasteiger partial charge in [-0.15, -0.1) is 0 Å². The van der Waals surface area contributed by atoms with E-state index in [9.17, 15) is 18.5 Å². The summed E-state index contributed by atoms with van der Waals surface area (Å²) in [5, 5.41) is 12.5. The molecule has 0 saturated heterocycles. The van der Waals surface area contributed by atoms with Crippen LogP contribution >= 0.6 is 7.60 Å². The first kappa shape index (κ1) is 25.6. The zero-order chi connectivity index (χ0) is 22.9. The second-order valence-electron chi connectivity index (χ2n) is 6.88. The molecule has 0 aliphatic carbocycles. The highest BCUT2D eigenvalue weighted by molar-refractivity contribution is 7.55. The van der Waals surface area contributed by atoms with Gasteiger partial charge in [-0.3, -0.25) is 4.57 Å². The van der Waals surface area contributed by atoms with Gasteiger partial charge in [-0.25, -0.2) is 4.98 Å². The number of aromatic amines is 1. The Morgan fingerprint density at radius 2 is 1.97 bits per heavy atom. The van der Waals surface area contributed by atoms with E-state index in [0.717, 1.165) is 12.8 Å². The average Bonchev–Trinajstić information content (AvgIpc) is 3.15. The fourth-order valence-corrected chi connectivity index (χ4v) is 4.53. The molecule has 2 heterocycles. The van der Waals surface area contributed by atoms with Gasteiger partial charge in [-0.1, -0.05) is 13.3 Å². The molecule has 0 spiro atoms. The van der Waals surface area contributed by atoms with Gasteiger partial charge in [0.15, 0.2) is 0 Å². The zero-order valence-electron chi connectivity index (χ0n) is 18.1. The van der Waals surface area contributed by atoms with Crippen molar-refractivity contribution in [2.24, 2.45) is 0 Å². The van der Waals surface area contributed by atoms with Crippen molar-refractivity contribution in [2.75, 3.05) is 26.4 Å². The number of aliphatic hydroxyl groups is 1. The number of fused-ring (bicyclic) bond motifs is 1. The minimum Gasteiger partial charge on any atom is -0.476 e. The van der Waals surface area contributed by atoms with Gasteiger partial charge in [-0.2, -0.15) is 13.8 Å². The lowest BCUT2D eigenvalue weighted by atomic mass is 10.2. The molecule has 176 valence electrons. The predicted octanol–water partition coefficient (Wildman–Crippen LogP) is 3.84. The maximum absolute atomic E-state index is 14.7. The molecule has 0 fully saturated rings. The molecule has 2 aromatic rings. The second kappa shape index (κ2) is 11.8. The number of unbranched alkanes of at least 4 members (excludes halogenated alkanes) is 1. The van der Waals surface area contributed by atoms with Crippen molar-refractivity contribution >= 4 is 18.6 Å². The largest absolute Gasteiger partial charge is 0.476 e. The Morgan fingerprint density at radius 1 is 1.26 bits per heavy atom. The Bertz CT molecular complexity index is 857. The number of nitrogens with zero attached hydrogens (tertiary/aromatic N) is 2. The molecular weight excluding hydrogens is 433 g/mol. The number of aliphatic hydroxyl groups excluding tert-OH is 1. The highest BCUT2D eigenvalue weighted by Gasteiger charge is 2.54. The van der Waals surface area contributed by atoms with E-state index in [-0.39, 0.29) is 19.8 Å². The molecular formula is C19H31F2N4O5P. The van der Waals surface area contributed by atoms with Crippen LogP contribution < -0.4 is 10.1 Å². The fourth-order valence-electron chi connectivity index (χ4n) is 2.96. The summed E-state index contributed by atoms with van der Waals surface area (Å²) in [7, 11) is -4.66. The van der Waals surface area contributed by atoms with Crippen molar-refractivity contribution in [3.05, 3.63) is 18.1 Å². The van der Waals surface area contributed by atoms with Gasteiger partial charge < -0.3 is 29.2 Å². The van der Waals surface area contributed by atoms with Gasteiger partial charge in [0.05, 0.1) is 31.9 Å². The summed E-state index contributed by atoms with van der Waals surface area (Å²) in [5.74, 6) is 0.421. The van der Waals surface area contributed by atoms with E-state index in [1.54, 1.807) is 6.20 Å². The highest BCUT2D eigenvalue weighted by atomic mass is 31.2. The minimum absolute atomic E-state index is 0.139. The molecule has 0 saturated carbocycles. The number of nitrogens with one attached hydrogen (secondary N) is 2. The first-order valence-corrected chi connectivity index (χ1v) is 11.9. The molecule has 0 aliphatic heterocycles. The van der Waals surface area contributed by atoms with Crippen LogP contribution in [-0.2, 0) is 20.2 Å². The van der Waals surface area contributed by atoms with Crippen LogP contribution in [0.25, 0.3) is 11.0 Å². The Balaban J connectivity index is 2.09. The van der Waals surface area contributed by atoms with Gasteiger partial charge in [0.25, 0.3) is 0 Å². The highest BCUT2D eigenvalue weighted by Crippen LogP contribution is 2.63. The van der Waals surface area contributed by atoms with Crippen molar-refractivity contribution in [2.45, 2.75) is 58.3 Å². The van der Waals surface area contributed by atoms with Crippen LogP contribution in [0.4, 0.5) is 8.78 Å². The summed E-state index contributed by atoms with van der Waals surface area (Å²) in [6.45, 7) is 4.70. The molecule has 3 N–H and O–H groups in total. The topological polar surface area (TPSA) is 119 Å². The molecule has 2 rings (SSSR count). The predicted molar refractivity (Wildman–Crippen MR) is 112 cm³/mol. The maximum Gasteiger partial charge on any atom is 0.399 e. The maximum atomic E-state index is 14.7. The van der Waals surface area contributed by atoms with Crippen LogP contribution in [0.15, 0.2) is 12.5 Å². The third-order valence-electron chi connectivity index (χ3n) is 4.54. The normalized spacial score (nSPS) is 13.6. The first-order valence-electron chi connectivity index (χ1n) is 10.4. The number of aromatic nitrogens is 3. The number of halogens is 2. The third kappa shape index (κ3) is 6.43. The van der Waals surface area contributed by atoms with E-state index in [0.29, 0.717) is 29.1 Å². The van der Waals surface area contributed by atoms with Crippen molar-refractivity contribution in [1.29, 1.82) is 0 Å². The monoisotopic (exact) mass is 464 g/mol. The SMILES string of the molecule is CCCCOc1ncnc2c(CN[C@H](CO)CC(F)(F)P(=O)(OCC)OCC)c[nH]c12. The smallest absolute Gasteiger partial charge is 0.399 e. The number of ether oxygens (including phenoxy) is 1. The lowest BCUT2D eigenvalue weighted by Gasteiger charge is -2.28. The fraction of sp³-hybridized carbons (Fsp3) is 0.684. The van der Waals surface area contributed by atoms with Crippen molar-refractivity contribution in [3.8, 4) is 5.88 Å². The molecule has 0 unspecified atom stereocenters. The molecule has 0 bridgehead atoms. The molecule has 12 heteroatoms. The Morgan fingerprint density at radius 3 is 2.58 bits per heavy atom. The summed E-state index contributed by atoms with van der Waals surface area (Å²) < 4.78 is 57.1. The number of hydrogen-bond donors (Lipinski definition) is 3. The number of rotatable bonds is 15. The lowest BCUT2D eigenvalue weighted by molar-refractivity contribution is 0.0166. The third-order valence-corrected chi connectivity index (χ3v) is 6.72. The zero-order valence-corrected chi connectivity index (χ0v) is 19.0. The summed E-state index contributed by atoms with van der Waals surface area (Å²) in [6.07, 6.45) is 4.01. The van der Waals surface area contributed by atoms with E-state index < -0.39 is 32.3 Å². The summed E-state index contributed by atoms with van der Waals surface area (Å²) in [5.41, 5.74) is -1.87. The van der Waals surface area contributed by atoms with E-state index in [1.165, 1.54) is 20.2 Å². The van der Waals surface area contributed by atoms with Crippen LogP contribution in [0.5, 0.6) is 5.88 Å². The Hall–Kier alpha value is -1.65. The molecule has 2 aromatic heterocycles. The van der Waals surface area contributed by atoms with Crippen molar-refractivity contribution in [1.82, 2.24) is 20.3 Å². The number of hydrogen-bond acceptors (Lipinski definition) is 8. The van der Waals surface area contributed by atoms with Crippen molar-refractivity contribution < 1.29 is 32.2 Å². The van der Waals surface area contributed by atoms with Gasteiger partial charge in [0.2, 0.25) is 5.88 Å². The van der Waals surface area contributed by atoms with Crippen LogP contribution in [0.3, 0.4) is 0 Å². The van der Waals surface area contributed by atoms with Crippen LogP contribution in [0.1, 0.15) is 45.6 Å². The quantitative estimate of drug-likeness (QED) is 0.269. The van der Waals surface area contributed by atoms with Gasteiger partial charge >= 0.3 is 13.3 Å². The van der Waals surface area contributed by atoms with Crippen LogP contribution in [0.2, 0.25) is 0 Å². The van der Waals surface area contributed by atoms with Crippen molar-refractivity contribution in [3.63, 3.8) is 0 Å². The van der Waals surface area contributed by atoms with Gasteiger partial charge in [-0.05, 0) is 20.3 Å². The minimum atomic E-state index is -4.66. The summed E-state index contributed by atoms with van der Waals surface area (Å²) in [4.78, 5) is 11.4.